The second-order valence-corrected chi connectivity index (χ2v) is 7.39. The Morgan fingerprint density at radius 1 is 1.06 bits per heavy atom. The van der Waals surface area contributed by atoms with Crippen molar-refractivity contribution in [1.82, 2.24) is 10.2 Å². The highest BCUT2D eigenvalue weighted by Crippen LogP contribution is 2.52. The summed E-state index contributed by atoms with van der Waals surface area (Å²) in [6, 6.07) is 3.72. The van der Waals surface area contributed by atoms with E-state index < -0.39 is 17.4 Å². The maximum Gasteiger partial charge on any atom is 0.337 e. The molecule has 0 radical (unpaired) electrons. The molecule has 1 aliphatic heterocycles. The summed E-state index contributed by atoms with van der Waals surface area (Å²) in [5, 5.41) is 26.2. The van der Waals surface area contributed by atoms with Gasteiger partial charge in [0.1, 0.15) is 5.82 Å². The summed E-state index contributed by atoms with van der Waals surface area (Å²) in [5.41, 5.74) is 2.82. The number of aliphatic carboxylic acids is 2. The van der Waals surface area contributed by atoms with E-state index in [-0.39, 0.29) is 12.6 Å². The van der Waals surface area contributed by atoms with E-state index in [0.717, 1.165) is 34.6 Å². The van der Waals surface area contributed by atoms with Gasteiger partial charge in [-0.25, -0.2) is 14.4 Å². The molecule has 11 heteroatoms. The zero-order chi connectivity index (χ0) is 25.4. The average Bonchev–Trinajstić information content (AvgIpc) is 3.60. The first-order chi connectivity index (χ1) is 16.9. The van der Waals surface area contributed by atoms with E-state index in [4.69, 9.17) is 23.8 Å². The molecule has 1 aliphatic rings. The van der Waals surface area contributed by atoms with Crippen LogP contribution in [0.5, 0.6) is 0 Å². The van der Waals surface area contributed by atoms with Crippen molar-refractivity contribution < 1.29 is 38.2 Å². The number of hydrogen-bond donors (Lipinski definition) is 4. The molecule has 3 aromatic heterocycles. The molecule has 4 N–H and O–H groups in total. The molecule has 4 heterocycles. The Labute approximate surface area is 200 Å². The molecule has 4 rings (SSSR count). The molecule has 35 heavy (non-hydrogen) atoms. The number of carbonyl (C=O) groups is 3. The zero-order valence-electron chi connectivity index (χ0n) is 19.1. The first kappa shape index (κ1) is 25.1. The van der Waals surface area contributed by atoms with Crippen molar-refractivity contribution in [2.45, 2.75) is 32.1 Å². The van der Waals surface area contributed by atoms with Crippen LogP contribution in [0.25, 0.3) is 0 Å². The van der Waals surface area contributed by atoms with Crippen molar-refractivity contribution in [3.05, 3.63) is 83.5 Å². The molecule has 0 bridgehead atoms. The van der Waals surface area contributed by atoms with Crippen LogP contribution in [0.4, 0.5) is 5.82 Å². The van der Waals surface area contributed by atoms with Gasteiger partial charge in [0.05, 0.1) is 48.8 Å². The number of fused-ring (bicyclic) bond motifs is 1. The highest BCUT2D eigenvalue weighted by atomic mass is 16.5. The number of carbonyl (C=O) groups excluding carboxylic acids is 1. The fourth-order valence-corrected chi connectivity index (χ4v) is 4.02. The topological polar surface area (TPSA) is 168 Å². The van der Waals surface area contributed by atoms with Crippen LogP contribution in [0.3, 0.4) is 0 Å². The quantitative estimate of drug-likeness (QED) is 0.274. The number of esters is 1. The highest BCUT2D eigenvalue weighted by Gasteiger charge is 2.51. The third-order valence-electron chi connectivity index (χ3n) is 5.25. The van der Waals surface area contributed by atoms with E-state index in [2.05, 4.69) is 22.4 Å². The second kappa shape index (κ2) is 11.1. The van der Waals surface area contributed by atoms with Crippen LogP contribution in [0, 0.1) is 0 Å². The van der Waals surface area contributed by atoms with Gasteiger partial charge >= 0.3 is 17.9 Å². The summed E-state index contributed by atoms with van der Waals surface area (Å²) in [7, 11) is 0. The monoisotopic (exact) mass is 483 g/mol. The molecule has 0 spiro atoms. The third-order valence-corrected chi connectivity index (χ3v) is 5.25. The summed E-state index contributed by atoms with van der Waals surface area (Å²) in [6.07, 6.45) is 10.9. The molecule has 0 fully saturated rings. The maximum atomic E-state index is 13.2. The van der Waals surface area contributed by atoms with Crippen LogP contribution in [0.2, 0.25) is 0 Å². The Morgan fingerprint density at radius 2 is 1.66 bits per heavy atom. The predicted molar refractivity (Wildman–Crippen MR) is 122 cm³/mol. The molecule has 0 aliphatic carbocycles. The Morgan fingerprint density at radius 3 is 2.11 bits per heavy atom. The highest BCUT2D eigenvalue weighted by molar-refractivity contribution is 5.98. The number of aromatic nitrogens is 2. The number of allylic oxidation sites excluding steroid dienone is 1. The number of furan rings is 2. The lowest BCUT2D eigenvalue weighted by Gasteiger charge is -2.39. The van der Waals surface area contributed by atoms with E-state index in [1.165, 1.54) is 0 Å². The normalized spacial score (nSPS) is 14.0. The van der Waals surface area contributed by atoms with Crippen LogP contribution in [-0.4, -0.2) is 44.9 Å². The van der Waals surface area contributed by atoms with E-state index in [9.17, 15) is 14.4 Å². The summed E-state index contributed by atoms with van der Waals surface area (Å²) in [6.45, 7) is 4.15. The lowest BCUT2D eigenvalue weighted by molar-refractivity contribution is -0.139. The predicted octanol–water partition coefficient (Wildman–Crippen LogP) is 3.68. The van der Waals surface area contributed by atoms with E-state index in [1.54, 1.807) is 38.2 Å². The molecular formula is C24H25N3O8. The van der Waals surface area contributed by atoms with Gasteiger partial charge in [-0.2, -0.15) is 5.10 Å². The van der Waals surface area contributed by atoms with Crippen LogP contribution >= 0.6 is 0 Å². The second-order valence-electron chi connectivity index (χ2n) is 7.39. The number of carboxylic acid groups (broad SMARTS) is 2. The third kappa shape index (κ3) is 5.03. The van der Waals surface area contributed by atoms with Gasteiger partial charge in [-0.15, -0.1) is 0 Å². The van der Waals surface area contributed by atoms with Crippen LogP contribution in [-0.2, 0) is 24.5 Å². The molecule has 184 valence electrons. The van der Waals surface area contributed by atoms with E-state index in [1.807, 2.05) is 12.1 Å². The molecule has 11 nitrogen and oxygen atoms in total. The lowest BCUT2D eigenvalue weighted by Crippen LogP contribution is -2.40. The molecule has 0 saturated heterocycles. The first-order valence-electron chi connectivity index (χ1n) is 10.8. The van der Waals surface area contributed by atoms with Crippen molar-refractivity contribution >= 4 is 23.7 Å². The number of anilines is 1. The number of aromatic amines is 1. The first-order valence-corrected chi connectivity index (χ1v) is 10.8. The number of H-pyrrole nitrogens is 1. The van der Waals surface area contributed by atoms with Crippen molar-refractivity contribution in [2.24, 2.45) is 0 Å². The fourth-order valence-electron chi connectivity index (χ4n) is 4.02. The Bertz CT molecular complexity index is 1170. The molecule has 0 aromatic carbocycles. The Kier molecular flexibility index (Phi) is 7.92. The summed E-state index contributed by atoms with van der Waals surface area (Å²) >= 11 is 0. The summed E-state index contributed by atoms with van der Waals surface area (Å²) < 4.78 is 16.3. The Balaban J connectivity index is 0.000000371. The standard InChI is InChI=1S/C20H21N3O4.C4H4O4/c1-3-5-16-17(19(24)27-4-2)20(13-6-8-25-11-13,14-7-9-26-12-14)15-10-21-23-18(15)22-16;5-3(6)1-2-4(7)8/h6-12H,3-5H2,1-2H3,(H2,21,22,23);1-2H,(H,5,6)(H,7,8)/b;2-1-. The van der Waals surface area contributed by atoms with Crippen LogP contribution in [0.15, 0.2) is 75.6 Å². The van der Waals surface area contributed by atoms with Crippen LogP contribution in [0.1, 0.15) is 43.4 Å². The largest absolute Gasteiger partial charge is 0.478 e. The lowest BCUT2D eigenvalue weighted by atomic mass is 9.64. The minimum atomic E-state index is -1.26. The van der Waals surface area contributed by atoms with Gasteiger partial charge in [0.25, 0.3) is 0 Å². The van der Waals surface area contributed by atoms with E-state index in [0.29, 0.717) is 24.1 Å². The van der Waals surface area contributed by atoms with E-state index >= 15 is 0 Å². The van der Waals surface area contributed by atoms with Gasteiger partial charge < -0.3 is 29.1 Å². The minimum Gasteiger partial charge on any atom is -0.478 e. The van der Waals surface area contributed by atoms with Crippen molar-refractivity contribution in [3.8, 4) is 0 Å². The minimum absolute atomic E-state index is 0.285. The number of ether oxygens (including phenoxy) is 1. The maximum absolute atomic E-state index is 13.2. The van der Waals surface area contributed by atoms with Crippen molar-refractivity contribution in [3.63, 3.8) is 0 Å². The van der Waals surface area contributed by atoms with Gasteiger partial charge in [0.2, 0.25) is 0 Å². The van der Waals surface area contributed by atoms with Crippen molar-refractivity contribution in [1.29, 1.82) is 0 Å². The van der Waals surface area contributed by atoms with Gasteiger partial charge in [-0.05, 0) is 25.5 Å². The SMILES string of the molecule is CCCC1=C(C(=O)OCC)C(c2ccoc2)(c2ccoc2)c2cn[nH]c2N1.O=C(O)/C=C\C(=O)O. The van der Waals surface area contributed by atoms with Crippen LogP contribution < -0.4 is 5.32 Å². The van der Waals surface area contributed by atoms with Gasteiger partial charge in [0, 0.05) is 34.5 Å². The molecular weight excluding hydrogens is 458 g/mol. The number of nitrogens with one attached hydrogen (secondary N) is 2. The zero-order valence-corrected chi connectivity index (χ0v) is 19.1. The number of carboxylic acids is 2. The summed E-state index contributed by atoms with van der Waals surface area (Å²) in [5.74, 6) is -2.14. The van der Waals surface area contributed by atoms with Gasteiger partial charge in [0.15, 0.2) is 0 Å². The molecule has 0 saturated carbocycles. The number of rotatable bonds is 8. The molecule has 3 aromatic rings. The average molecular weight is 483 g/mol. The fraction of sp³-hybridized carbons (Fsp3) is 0.250. The molecule has 0 unspecified atom stereocenters. The summed E-state index contributed by atoms with van der Waals surface area (Å²) in [4.78, 5) is 32.3. The van der Waals surface area contributed by atoms with Crippen molar-refractivity contribution in [2.75, 3.05) is 11.9 Å². The molecule has 0 amide bonds. The molecule has 0 atom stereocenters. The van der Waals surface area contributed by atoms with Gasteiger partial charge in [-0.1, -0.05) is 13.3 Å². The number of nitrogens with zero attached hydrogens (tertiary/aromatic N) is 1. The Hall–Kier alpha value is -4.54. The number of hydrogen-bond acceptors (Lipinski definition) is 8. The van der Waals surface area contributed by atoms with Gasteiger partial charge in [-0.3, -0.25) is 5.10 Å². The smallest absolute Gasteiger partial charge is 0.337 e.